The minimum absolute atomic E-state index is 0.000417. The molecule has 2 rings (SSSR count). The van der Waals surface area contributed by atoms with Crippen LogP contribution in [-0.4, -0.2) is 11.9 Å². The highest BCUT2D eigenvalue weighted by atomic mass is 19.4. The molecule has 19 heavy (non-hydrogen) atoms. The molecule has 1 aliphatic rings. The quantitative estimate of drug-likeness (QED) is 0.897. The number of nitrogens with one attached hydrogen (secondary N) is 1. The van der Waals surface area contributed by atoms with Crippen LogP contribution in [0.25, 0.3) is 0 Å². The van der Waals surface area contributed by atoms with Crippen LogP contribution in [0, 0.1) is 0 Å². The van der Waals surface area contributed by atoms with Crippen LogP contribution in [0.15, 0.2) is 24.3 Å². The Hall–Kier alpha value is -1.52. The highest BCUT2D eigenvalue weighted by molar-refractivity contribution is 5.78. The summed E-state index contributed by atoms with van der Waals surface area (Å²) in [5.74, 6) is -0.203. The Labute approximate surface area is 110 Å². The van der Waals surface area contributed by atoms with Crippen molar-refractivity contribution < 1.29 is 18.0 Å². The molecule has 1 amide bonds. The van der Waals surface area contributed by atoms with Gasteiger partial charge in [-0.05, 0) is 24.5 Å². The minimum atomic E-state index is -4.36. The van der Waals surface area contributed by atoms with Crippen molar-refractivity contribution in [3.8, 4) is 0 Å². The summed E-state index contributed by atoms with van der Waals surface area (Å²) < 4.78 is 37.6. The van der Waals surface area contributed by atoms with Crippen LogP contribution >= 0.6 is 0 Å². The normalized spacial score (nSPS) is 16.6. The minimum Gasteiger partial charge on any atom is -0.353 e. The third-order valence-electron chi connectivity index (χ3n) is 3.34. The number of benzene rings is 1. The predicted octanol–water partition coefficient (Wildman–Crippen LogP) is 3.31. The summed E-state index contributed by atoms with van der Waals surface area (Å²) in [5, 5.41) is 2.87. The van der Waals surface area contributed by atoms with Crippen LogP contribution in [0.1, 0.15) is 36.8 Å². The van der Waals surface area contributed by atoms with E-state index in [0.29, 0.717) is 5.56 Å². The van der Waals surface area contributed by atoms with Gasteiger partial charge in [0.1, 0.15) is 0 Å². The van der Waals surface area contributed by atoms with Crippen LogP contribution in [0.2, 0.25) is 0 Å². The molecule has 1 fully saturated rings. The molecule has 2 nitrogen and oxygen atoms in total. The molecule has 104 valence electrons. The van der Waals surface area contributed by atoms with Gasteiger partial charge in [0.2, 0.25) is 5.91 Å². The number of carbonyl (C=O) groups is 1. The Kier molecular flexibility index (Phi) is 4.12. The summed E-state index contributed by atoms with van der Waals surface area (Å²) in [4.78, 5) is 11.7. The molecule has 0 heterocycles. The van der Waals surface area contributed by atoms with Gasteiger partial charge in [-0.3, -0.25) is 4.79 Å². The zero-order valence-corrected chi connectivity index (χ0v) is 10.5. The Morgan fingerprint density at radius 2 is 1.95 bits per heavy atom. The first-order valence-electron chi connectivity index (χ1n) is 6.40. The van der Waals surface area contributed by atoms with E-state index in [1.165, 1.54) is 6.07 Å². The molecule has 5 heteroatoms. The van der Waals surface area contributed by atoms with Crippen molar-refractivity contribution >= 4 is 5.91 Å². The Balaban J connectivity index is 1.96. The molecule has 1 aromatic rings. The van der Waals surface area contributed by atoms with Crippen molar-refractivity contribution in [3.63, 3.8) is 0 Å². The zero-order valence-electron chi connectivity index (χ0n) is 10.5. The Morgan fingerprint density at radius 3 is 2.58 bits per heavy atom. The van der Waals surface area contributed by atoms with Crippen LogP contribution in [0.3, 0.4) is 0 Å². The van der Waals surface area contributed by atoms with E-state index in [4.69, 9.17) is 0 Å². The summed E-state index contributed by atoms with van der Waals surface area (Å²) >= 11 is 0. The predicted molar refractivity (Wildman–Crippen MR) is 65.5 cm³/mol. The van der Waals surface area contributed by atoms with E-state index < -0.39 is 11.7 Å². The summed E-state index contributed by atoms with van der Waals surface area (Å²) in [7, 11) is 0. The van der Waals surface area contributed by atoms with Gasteiger partial charge in [0, 0.05) is 6.04 Å². The number of carbonyl (C=O) groups excluding carboxylic acids is 1. The third-order valence-corrected chi connectivity index (χ3v) is 3.34. The van der Waals surface area contributed by atoms with Crippen LogP contribution in [0.5, 0.6) is 0 Å². The maximum absolute atomic E-state index is 12.5. The fourth-order valence-corrected chi connectivity index (χ4v) is 2.39. The van der Waals surface area contributed by atoms with Crippen molar-refractivity contribution in [2.45, 2.75) is 44.3 Å². The number of amides is 1. The van der Waals surface area contributed by atoms with E-state index >= 15 is 0 Å². The van der Waals surface area contributed by atoms with Crippen LogP contribution in [0.4, 0.5) is 13.2 Å². The monoisotopic (exact) mass is 271 g/mol. The number of hydrogen-bond acceptors (Lipinski definition) is 1. The van der Waals surface area contributed by atoms with Gasteiger partial charge in [0.05, 0.1) is 12.0 Å². The number of hydrogen-bond donors (Lipinski definition) is 1. The van der Waals surface area contributed by atoms with Gasteiger partial charge in [-0.1, -0.05) is 31.0 Å². The molecule has 0 atom stereocenters. The summed E-state index contributed by atoms with van der Waals surface area (Å²) in [6, 6.07) is 5.12. The lowest BCUT2D eigenvalue weighted by atomic mass is 10.1. The number of alkyl halides is 3. The molecule has 1 aromatic carbocycles. The molecule has 0 aromatic heterocycles. The topological polar surface area (TPSA) is 29.1 Å². The molecule has 1 N–H and O–H groups in total. The third kappa shape index (κ3) is 3.98. The van der Waals surface area contributed by atoms with E-state index in [2.05, 4.69) is 5.32 Å². The fourth-order valence-electron chi connectivity index (χ4n) is 2.39. The second-order valence-corrected chi connectivity index (χ2v) is 4.92. The molecule has 1 saturated carbocycles. The lowest BCUT2D eigenvalue weighted by molar-refractivity contribution is -0.137. The SMILES string of the molecule is O=C(Cc1cccc(C(F)(F)F)c1)NC1CCCC1. The molecular formula is C14H16F3NO. The Bertz CT molecular complexity index is 450. The zero-order chi connectivity index (χ0) is 13.9. The molecule has 0 saturated heterocycles. The van der Waals surface area contributed by atoms with Crippen molar-refractivity contribution in [2.24, 2.45) is 0 Å². The van der Waals surface area contributed by atoms with E-state index in [0.717, 1.165) is 37.8 Å². The van der Waals surface area contributed by atoms with Gasteiger partial charge < -0.3 is 5.32 Å². The molecule has 0 aliphatic heterocycles. The standard InChI is InChI=1S/C14H16F3NO/c15-14(16,17)11-5-3-4-10(8-11)9-13(19)18-12-6-1-2-7-12/h3-5,8,12H,1-2,6-7,9H2,(H,18,19). The van der Waals surface area contributed by atoms with Gasteiger partial charge in [0.15, 0.2) is 0 Å². The summed E-state index contributed by atoms with van der Waals surface area (Å²) in [5.41, 5.74) is -0.316. The van der Waals surface area contributed by atoms with E-state index in [9.17, 15) is 18.0 Å². The highest BCUT2D eigenvalue weighted by Crippen LogP contribution is 2.29. The first-order chi connectivity index (χ1) is 8.95. The maximum Gasteiger partial charge on any atom is 0.416 e. The van der Waals surface area contributed by atoms with E-state index in [1.54, 1.807) is 6.07 Å². The van der Waals surface area contributed by atoms with E-state index in [-0.39, 0.29) is 18.4 Å². The van der Waals surface area contributed by atoms with Gasteiger partial charge in [0.25, 0.3) is 0 Å². The summed E-state index contributed by atoms with van der Waals surface area (Å²) in [6.07, 6.45) is -0.218. The average Bonchev–Trinajstić information content (AvgIpc) is 2.80. The van der Waals surface area contributed by atoms with Crippen LogP contribution in [-0.2, 0) is 17.4 Å². The molecule has 0 spiro atoms. The van der Waals surface area contributed by atoms with Crippen LogP contribution < -0.4 is 5.32 Å². The number of rotatable bonds is 3. The van der Waals surface area contributed by atoms with Crippen molar-refractivity contribution in [1.29, 1.82) is 0 Å². The average molecular weight is 271 g/mol. The second-order valence-electron chi connectivity index (χ2n) is 4.92. The van der Waals surface area contributed by atoms with Gasteiger partial charge in [-0.15, -0.1) is 0 Å². The second kappa shape index (κ2) is 5.63. The fraction of sp³-hybridized carbons (Fsp3) is 0.500. The van der Waals surface area contributed by atoms with Crippen molar-refractivity contribution in [2.75, 3.05) is 0 Å². The Morgan fingerprint density at radius 1 is 1.26 bits per heavy atom. The largest absolute Gasteiger partial charge is 0.416 e. The maximum atomic E-state index is 12.5. The lowest BCUT2D eigenvalue weighted by Gasteiger charge is -2.12. The first-order valence-corrected chi connectivity index (χ1v) is 6.40. The lowest BCUT2D eigenvalue weighted by Crippen LogP contribution is -2.33. The number of halogens is 3. The van der Waals surface area contributed by atoms with Gasteiger partial charge in [-0.2, -0.15) is 13.2 Å². The molecule has 0 bridgehead atoms. The van der Waals surface area contributed by atoms with Gasteiger partial charge in [-0.25, -0.2) is 0 Å². The van der Waals surface area contributed by atoms with Gasteiger partial charge >= 0.3 is 6.18 Å². The summed E-state index contributed by atoms with van der Waals surface area (Å²) in [6.45, 7) is 0. The molecular weight excluding hydrogens is 255 g/mol. The van der Waals surface area contributed by atoms with Crippen molar-refractivity contribution in [3.05, 3.63) is 35.4 Å². The van der Waals surface area contributed by atoms with E-state index in [1.807, 2.05) is 0 Å². The first kappa shape index (κ1) is 13.9. The molecule has 0 radical (unpaired) electrons. The molecule has 0 unspecified atom stereocenters. The van der Waals surface area contributed by atoms with Crippen molar-refractivity contribution in [1.82, 2.24) is 5.32 Å². The highest BCUT2D eigenvalue weighted by Gasteiger charge is 2.30. The molecule has 1 aliphatic carbocycles. The smallest absolute Gasteiger partial charge is 0.353 e.